The molecule has 0 heterocycles. The Bertz CT molecular complexity index is 247. The standard InChI is InChI=1S/C15H30N2O/c1-4-6-11-16-14(18)13(3)17-12-15(5-2)9-7-8-10-15/h13,17H,4-12H2,1-3H3,(H,16,18). The molecule has 0 bridgehead atoms. The van der Waals surface area contributed by atoms with E-state index >= 15 is 0 Å². The molecule has 18 heavy (non-hydrogen) atoms. The SMILES string of the molecule is CCCCNC(=O)C(C)NCC1(CC)CCCC1. The first kappa shape index (κ1) is 15.5. The molecule has 1 aliphatic carbocycles. The van der Waals surface area contributed by atoms with Gasteiger partial charge in [-0.3, -0.25) is 4.79 Å². The summed E-state index contributed by atoms with van der Waals surface area (Å²) in [6, 6.07) is -0.0640. The van der Waals surface area contributed by atoms with Crippen LogP contribution in [0.3, 0.4) is 0 Å². The van der Waals surface area contributed by atoms with Gasteiger partial charge in [0.1, 0.15) is 0 Å². The first-order chi connectivity index (χ1) is 8.63. The van der Waals surface area contributed by atoms with E-state index in [0.717, 1.165) is 25.9 Å². The van der Waals surface area contributed by atoms with E-state index in [1.807, 2.05) is 6.92 Å². The van der Waals surface area contributed by atoms with Gasteiger partial charge in [0.15, 0.2) is 0 Å². The normalized spacial score (nSPS) is 19.7. The zero-order chi connectivity index (χ0) is 13.4. The highest BCUT2D eigenvalue weighted by Gasteiger charge is 2.32. The highest BCUT2D eigenvalue weighted by molar-refractivity contribution is 5.81. The summed E-state index contributed by atoms with van der Waals surface area (Å²) >= 11 is 0. The number of unbranched alkanes of at least 4 members (excludes halogenated alkanes) is 1. The van der Waals surface area contributed by atoms with Crippen LogP contribution < -0.4 is 10.6 Å². The molecule has 1 amide bonds. The zero-order valence-corrected chi connectivity index (χ0v) is 12.3. The molecule has 0 aromatic rings. The van der Waals surface area contributed by atoms with Crippen molar-refractivity contribution in [3.63, 3.8) is 0 Å². The third kappa shape index (κ3) is 4.60. The Labute approximate surface area is 112 Å². The van der Waals surface area contributed by atoms with Gasteiger partial charge in [-0.05, 0) is 38.0 Å². The third-order valence-corrected chi connectivity index (χ3v) is 4.42. The van der Waals surface area contributed by atoms with Crippen LogP contribution in [0.4, 0.5) is 0 Å². The van der Waals surface area contributed by atoms with Gasteiger partial charge < -0.3 is 10.6 Å². The van der Waals surface area contributed by atoms with Gasteiger partial charge in [-0.2, -0.15) is 0 Å². The summed E-state index contributed by atoms with van der Waals surface area (Å²) in [7, 11) is 0. The predicted molar refractivity (Wildman–Crippen MR) is 76.6 cm³/mol. The number of rotatable bonds is 8. The van der Waals surface area contributed by atoms with Crippen molar-refractivity contribution in [1.29, 1.82) is 0 Å². The second-order valence-electron chi connectivity index (χ2n) is 5.81. The molecule has 0 radical (unpaired) electrons. The Hall–Kier alpha value is -0.570. The first-order valence-electron chi connectivity index (χ1n) is 7.64. The van der Waals surface area contributed by atoms with Crippen molar-refractivity contribution in [3.05, 3.63) is 0 Å². The molecule has 0 spiro atoms. The van der Waals surface area contributed by atoms with E-state index in [-0.39, 0.29) is 11.9 Å². The lowest BCUT2D eigenvalue weighted by atomic mass is 9.83. The van der Waals surface area contributed by atoms with Crippen LogP contribution in [-0.2, 0) is 4.79 Å². The summed E-state index contributed by atoms with van der Waals surface area (Å²) in [5.74, 6) is 0.146. The van der Waals surface area contributed by atoms with Gasteiger partial charge in [-0.15, -0.1) is 0 Å². The van der Waals surface area contributed by atoms with E-state index < -0.39 is 0 Å². The zero-order valence-electron chi connectivity index (χ0n) is 12.3. The van der Waals surface area contributed by atoms with E-state index in [4.69, 9.17) is 0 Å². The van der Waals surface area contributed by atoms with Crippen molar-refractivity contribution in [2.24, 2.45) is 5.41 Å². The molecule has 1 atom stereocenters. The lowest BCUT2D eigenvalue weighted by Gasteiger charge is -2.29. The summed E-state index contributed by atoms with van der Waals surface area (Å²) in [5.41, 5.74) is 0.456. The van der Waals surface area contributed by atoms with Crippen LogP contribution in [0.1, 0.15) is 65.7 Å². The van der Waals surface area contributed by atoms with Crippen LogP contribution in [0.25, 0.3) is 0 Å². The maximum absolute atomic E-state index is 11.8. The molecule has 1 unspecified atom stereocenters. The maximum Gasteiger partial charge on any atom is 0.236 e. The van der Waals surface area contributed by atoms with Gasteiger partial charge in [0.25, 0.3) is 0 Å². The number of hydrogen-bond acceptors (Lipinski definition) is 2. The molecule has 0 aliphatic heterocycles. The van der Waals surface area contributed by atoms with Gasteiger partial charge in [-0.1, -0.05) is 33.1 Å². The molecule has 1 fully saturated rings. The monoisotopic (exact) mass is 254 g/mol. The molecule has 1 saturated carbocycles. The highest BCUT2D eigenvalue weighted by atomic mass is 16.2. The van der Waals surface area contributed by atoms with Crippen molar-refractivity contribution in [2.45, 2.75) is 71.8 Å². The molecule has 106 valence electrons. The van der Waals surface area contributed by atoms with Crippen molar-refractivity contribution < 1.29 is 4.79 Å². The fourth-order valence-corrected chi connectivity index (χ4v) is 2.78. The minimum Gasteiger partial charge on any atom is -0.355 e. The Morgan fingerprint density at radius 3 is 2.50 bits per heavy atom. The Balaban J connectivity index is 2.26. The Kier molecular flexibility index (Phi) is 6.69. The lowest BCUT2D eigenvalue weighted by molar-refractivity contribution is -0.122. The van der Waals surface area contributed by atoms with Gasteiger partial charge in [0.2, 0.25) is 5.91 Å². The maximum atomic E-state index is 11.8. The highest BCUT2D eigenvalue weighted by Crippen LogP contribution is 2.40. The van der Waals surface area contributed by atoms with Crippen LogP contribution in [0.2, 0.25) is 0 Å². The average Bonchev–Trinajstić information content (AvgIpc) is 2.85. The van der Waals surface area contributed by atoms with Crippen LogP contribution in [0.5, 0.6) is 0 Å². The van der Waals surface area contributed by atoms with Gasteiger partial charge in [-0.25, -0.2) is 0 Å². The topological polar surface area (TPSA) is 41.1 Å². The van der Waals surface area contributed by atoms with Gasteiger partial charge in [0.05, 0.1) is 6.04 Å². The first-order valence-corrected chi connectivity index (χ1v) is 7.64. The van der Waals surface area contributed by atoms with Crippen molar-refractivity contribution in [1.82, 2.24) is 10.6 Å². The fraction of sp³-hybridized carbons (Fsp3) is 0.933. The van der Waals surface area contributed by atoms with Crippen molar-refractivity contribution in [2.75, 3.05) is 13.1 Å². The summed E-state index contributed by atoms with van der Waals surface area (Å²) in [6.07, 6.45) is 8.77. The largest absolute Gasteiger partial charge is 0.355 e. The van der Waals surface area contributed by atoms with Gasteiger partial charge >= 0.3 is 0 Å². The number of nitrogens with one attached hydrogen (secondary N) is 2. The Morgan fingerprint density at radius 2 is 1.94 bits per heavy atom. The molecule has 2 N–H and O–H groups in total. The molecular formula is C15H30N2O. The van der Waals surface area contributed by atoms with E-state index in [9.17, 15) is 4.79 Å². The van der Waals surface area contributed by atoms with Crippen LogP contribution >= 0.6 is 0 Å². The van der Waals surface area contributed by atoms with E-state index in [2.05, 4.69) is 24.5 Å². The molecule has 0 aromatic heterocycles. The summed E-state index contributed by atoms with van der Waals surface area (Å²) < 4.78 is 0. The minimum absolute atomic E-state index is 0.0640. The predicted octanol–water partition coefficient (Wildman–Crippen LogP) is 2.85. The third-order valence-electron chi connectivity index (χ3n) is 4.42. The van der Waals surface area contributed by atoms with Crippen molar-refractivity contribution >= 4 is 5.91 Å². The quantitative estimate of drug-likeness (QED) is 0.654. The number of carbonyl (C=O) groups excluding carboxylic acids is 1. The fourth-order valence-electron chi connectivity index (χ4n) is 2.78. The smallest absolute Gasteiger partial charge is 0.236 e. The molecule has 3 heteroatoms. The number of carbonyl (C=O) groups is 1. The van der Waals surface area contributed by atoms with Crippen LogP contribution in [-0.4, -0.2) is 25.0 Å². The van der Waals surface area contributed by atoms with E-state index in [0.29, 0.717) is 5.41 Å². The van der Waals surface area contributed by atoms with E-state index in [1.165, 1.54) is 32.1 Å². The molecule has 0 saturated heterocycles. The number of hydrogen-bond donors (Lipinski definition) is 2. The summed E-state index contributed by atoms with van der Waals surface area (Å²) in [4.78, 5) is 11.8. The van der Waals surface area contributed by atoms with Gasteiger partial charge in [0, 0.05) is 13.1 Å². The van der Waals surface area contributed by atoms with E-state index in [1.54, 1.807) is 0 Å². The lowest BCUT2D eigenvalue weighted by Crippen LogP contribution is -2.46. The Morgan fingerprint density at radius 1 is 1.28 bits per heavy atom. The number of amides is 1. The molecule has 1 aliphatic rings. The second kappa shape index (κ2) is 7.78. The second-order valence-corrected chi connectivity index (χ2v) is 5.81. The molecule has 0 aromatic carbocycles. The molecule has 1 rings (SSSR count). The summed E-state index contributed by atoms with van der Waals surface area (Å²) in [6.45, 7) is 8.18. The molecule has 3 nitrogen and oxygen atoms in total. The minimum atomic E-state index is -0.0640. The average molecular weight is 254 g/mol. The summed E-state index contributed by atoms with van der Waals surface area (Å²) in [5, 5.41) is 6.42. The van der Waals surface area contributed by atoms with Crippen LogP contribution in [0, 0.1) is 5.41 Å². The molecular weight excluding hydrogens is 224 g/mol. The van der Waals surface area contributed by atoms with Crippen molar-refractivity contribution in [3.8, 4) is 0 Å². The van der Waals surface area contributed by atoms with Crippen LogP contribution in [0.15, 0.2) is 0 Å².